The van der Waals surface area contributed by atoms with Crippen molar-refractivity contribution in [1.82, 2.24) is 0 Å². The minimum atomic E-state index is -0.611. The van der Waals surface area contributed by atoms with Gasteiger partial charge in [-0.2, -0.15) is 0 Å². The maximum absolute atomic E-state index is 7.00. The molecule has 0 aliphatic heterocycles. The molecule has 0 aromatic rings. The van der Waals surface area contributed by atoms with Crippen molar-refractivity contribution in [3.63, 3.8) is 0 Å². The van der Waals surface area contributed by atoms with Crippen LogP contribution in [0.25, 0.3) is 0 Å². The molecule has 0 fully saturated rings. The number of rotatable bonds is 0. The van der Waals surface area contributed by atoms with E-state index in [0.717, 1.165) is 0 Å². The van der Waals surface area contributed by atoms with Gasteiger partial charge in [-0.3, -0.25) is 0 Å². The lowest BCUT2D eigenvalue weighted by Gasteiger charge is -2.01. The summed E-state index contributed by atoms with van der Waals surface area (Å²) in [5.74, 6) is 0. The van der Waals surface area contributed by atoms with Crippen LogP contribution in [-0.4, -0.2) is 25.8 Å². The molecule has 0 heterocycles. The van der Waals surface area contributed by atoms with E-state index in [9.17, 15) is 0 Å². The van der Waals surface area contributed by atoms with Gasteiger partial charge in [0.25, 0.3) is 0 Å². The van der Waals surface area contributed by atoms with Crippen LogP contribution in [0.3, 0.4) is 0 Å². The molecule has 0 rings (SSSR count). The predicted molar refractivity (Wildman–Crippen MR) is 39.4 cm³/mol. The smallest absolute Gasteiger partial charge is 0.429 e. The molecule has 0 aliphatic carbocycles. The van der Waals surface area contributed by atoms with Gasteiger partial charge in [0.2, 0.25) is 0 Å². The van der Waals surface area contributed by atoms with Crippen molar-refractivity contribution in [3.05, 3.63) is 0 Å². The van der Waals surface area contributed by atoms with Crippen LogP contribution in [-0.2, 0) is 0 Å². The first-order valence-electron chi connectivity index (χ1n) is 2.52. The molecule has 2 nitrogen and oxygen atoms in total. The molecule has 2 N–H and O–H groups in total. The van der Waals surface area contributed by atoms with Crippen LogP contribution >= 0.6 is 0 Å². The van der Waals surface area contributed by atoms with Crippen LogP contribution < -0.4 is 0 Å². The standard InChI is InChI=1S/C4H12Si.BH2O2/c1-5(2,3)4;2-1-3/h1-4H3;2-3H. The summed E-state index contributed by atoms with van der Waals surface area (Å²) in [6.45, 7) is 9.31. The third-order valence-electron chi connectivity index (χ3n) is 0. The fourth-order valence-electron chi connectivity index (χ4n) is 0. The van der Waals surface area contributed by atoms with Crippen LogP contribution in [0.4, 0.5) is 0 Å². The second-order valence-corrected chi connectivity index (χ2v) is 9.12. The topological polar surface area (TPSA) is 40.5 Å². The molecule has 0 unspecified atom stereocenters. The van der Waals surface area contributed by atoms with E-state index in [1.807, 2.05) is 0 Å². The van der Waals surface area contributed by atoms with E-state index in [1.54, 1.807) is 0 Å². The van der Waals surface area contributed by atoms with Gasteiger partial charge in [0, 0.05) is 8.07 Å². The normalized spacial score (nSPS) is 9.25. The highest BCUT2D eigenvalue weighted by atomic mass is 28.3. The number of hydrogen-bond donors (Lipinski definition) is 2. The zero-order chi connectivity index (χ0) is 7.21. The Labute approximate surface area is 52.9 Å². The molecule has 4 heteroatoms. The molecule has 49 valence electrons. The molecular weight excluding hydrogens is 119 g/mol. The summed E-state index contributed by atoms with van der Waals surface area (Å²) in [6.07, 6.45) is 0. The lowest BCUT2D eigenvalue weighted by atomic mass is 10.5. The first-order valence-corrected chi connectivity index (χ1v) is 6.52. The van der Waals surface area contributed by atoms with Crippen molar-refractivity contribution in [2.24, 2.45) is 0 Å². The number of hydrogen-bond acceptors (Lipinski definition) is 2. The van der Waals surface area contributed by atoms with Gasteiger partial charge >= 0.3 is 7.69 Å². The Morgan fingerprint density at radius 1 is 1.00 bits per heavy atom. The van der Waals surface area contributed by atoms with Gasteiger partial charge in [-0.05, 0) is 0 Å². The van der Waals surface area contributed by atoms with Crippen molar-refractivity contribution >= 4 is 15.8 Å². The molecule has 0 bridgehead atoms. The van der Waals surface area contributed by atoms with Gasteiger partial charge in [0.05, 0.1) is 0 Å². The van der Waals surface area contributed by atoms with Crippen LogP contribution in [0.1, 0.15) is 0 Å². The monoisotopic (exact) mass is 133 g/mol. The molecule has 0 aliphatic rings. The highest BCUT2D eigenvalue weighted by Crippen LogP contribution is 1.94. The van der Waals surface area contributed by atoms with Crippen LogP contribution in [0.15, 0.2) is 0 Å². The largest absolute Gasteiger partial charge is 0.482 e. The molecule has 8 heavy (non-hydrogen) atoms. The van der Waals surface area contributed by atoms with E-state index < -0.39 is 8.07 Å². The summed E-state index contributed by atoms with van der Waals surface area (Å²) in [4.78, 5) is 0. The fourth-order valence-corrected chi connectivity index (χ4v) is 0. The summed E-state index contributed by atoms with van der Waals surface area (Å²) in [5.41, 5.74) is 0. The van der Waals surface area contributed by atoms with E-state index in [4.69, 9.17) is 10.0 Å². The average molecular weight is 133 g/mol. The zero-order valence-corrected chi connectivity index (χ0v) is 6.97. The third kappa shape index (κ3) is 4120. The molecule has 0 spiro atoms. The second kappa shape index (κ2) is 5.34. The van der Waals surface area contributed by atoms with Gasteiger partial charge < -0.3 is 10.0 Å². The fraction of sp³-hybridized carbons (Fsp3) is 1.00. The van der Waals surface area contributed by atoms with E-state index in [0.29, 0.717) is 0 Å². The second-order valence-electron chi connectivity index (χ2n) is 3.12. The molecule has 0 amide bonds. The molecule has 0 aromatic carbocycles. The highest BCUT2D eigenvalue weighted by molar-refractivity contribution is 6.74. The predicted octanol–water partition coefficient (Wildman–Crippen LogP) is 0.460. The van der Waals surface area contributed by atoms with Gasteiger partial charge in [-0.1, -0.05) is 26.2 Å². The summed E-state index contributed by atoms with van der Waals surface area (Å²) < 4.78 is 0. The van der Waals surface area contributed by atoms with E-state index in [-0.39, 0.29) is 7.69 Å². The minimum absolute atomic E-state index is 0. The van der Waals surface area contributed by atoms with Crippen molar-refractivity contribution in [3.8, 4) is 0 Å². The van der Waals surface area contributed by atoms with E-state index >= 15 is 0 Å². The molecule has 0 saturated heterocycles. The van der Waals surface area contributed by atoms with Gasteiger partial charge in [-0.25, -0.2) is 0 Å². The SMILES string of the molecule is C[Si](C)(C)C.O[B]O. The van der Waals surface area contributed by atoms with E-state index in [2.05, 4.69) is 26.2 Å². The van der Waals surface area contributed by atoms with Crippen LogP contribution in [0.5, 0.6) is 0 Å². The molecule has 1 radical (unpaired) electrons. The van der Waals surface area contributed by atoms with Crippen molar-refractivity contribution in [2.45, 2.75) is 26.2 Å². The lowest BCUT2D eigenvalue weighted by Crippen LogP contribution is -2.10. The molecule has 0 saturated carbocycles. The summed E-state index contributed by atoms with van der Waals surface area (Å²) in [7, 11) is -0.611. The Morgan fingerprint density at radius 3 is 1.00 bits per heavy atom. The Hall–Kier alpha value is 0.202. The molecular formula is C4H14BO2Si. The van der Waals surface area contributed by atoms with Gasteiger partial charge in [0.15, 0.2) is 0 Å². The van der Waals surface area contributed by atoms with Crippen molar-refractivity contribution in [2.75, 3.05) is 0 Å². The maximum Gasteiger partial charge on any atom is 0.482 e. The summed E-state index contributed by atoms with van der Waals surface area (Å²) in [5, 5.41) is 14.0. The first-order chi connectivity index (χ1) is 3.41. The minimum Gasteiger partial charge on any atom is -0.429 e. The average Bonchev–Trinajstić information content (AvgIpc) is 1.27. The summed E-state index contributed by atoms with van der Waals surface area (Å²) >= 11 is 0. The van der Waals surface area contributed by atoms with E-state index in [1.165, 1.54) is 0 Å². The maximum atomic E-state index is 7.00. The first kappa shape index (κ1) is 11.1. The van der Waals surface area contributed by atoms with Crippen LogP contribution in [0, 0.1) is 0 Å². The Kier molecular flexibility index (Phi) is 7.38. The highest BCUT2D eigenvalue weighted by Gasteiger charge is 1.99. The molecule has 0 aromatic heterocycles. The van der Waals surface area contributed by atoms with Crippen molar-refractivity contribution < 1.29 is 10.0 Å². The zero-order valence-electron chi connectivity index (χ0n) is 5.97. The summed E-state index contributed by atoms with van der Waals surface area (Å²) in [6, 6.07) is 0. The van der Waals surface area contributed by atoms with Crippen LogP contribution in [0.2, 0.25) is 26.2 Å². The Morgan fingerprint density at radius 2 is 1.00 bits per heavy atom. The van der Waals surface area contributed by atoms with Gasteiger partial charge in [0.1, 0.15) is 0 Å². The molecule has 0 atom stereocenters. The quantitative estimate of drug-likeness (QED) is 0.471. The Bertz CT molecular complexity index is 37.8. The lowest BCUT2D eigenvalue weighted by molar-refractivity contribution is 0.448. The van der Waals surface area contributed by atoms with Gasteiger partial charge in [-0.15, -0.1) is 0 Å². The van der Waals surface area contributed by atoms with Crippen molar-refractivity contribution in [1.29, 1.82) is 0 Å². The third-order valence-corrected chi connectivity index (χ3v) is 0. The Balaban J connectivity index is 0.